The van der Waals surface area contributed by atoms with E-state index in [9.17, 15) is 0 Å². The summed E-state index contributed by atoms with van der Waals surface area (Å²) in [4.78, 5) is 4.58. The number of rotatable bonds is 1. The van der Waals surface area contributed by atoms with Gasteiger partial charge in [-0.2, -0.15) is 0 Å². The molecular weight excluding hydrogens is 182 g/mol. The highest BCUT2D eigenvalue weighted by Crippen LogP contribution is 2.49. The molecule has 0 radical (unpaired) electrons. The first kappa shape index (κ1) is 9.14. The fraction of sp³-hybridized carbons (Fsp3) is 0.500. The van der Waals surface area contributed by atoms with E-state index in [1.165, 1.54) is 30.5 Å². The molecule has 0 amide bonds. The zero-order valence-corrected chi connectivity index (χ0v) is 9.19. The van der Waals surface area contributed by atoms with Crippen LogP contribution in [0.15, 0.2) is 29.3 Å². The van der Waals surface area contributed by atoms with Gasteiger partial charge >= 0.3 is 0 Å². The summed E-state index contributed by atoms with van der Waals surface area (Å²) in [6.07, 6.45) is 6.22. The third kappa shape index (κ3) is 1.33. The van der Waals surface area contributed by atoms with Crippen molar-refractivity contribution in [3.8, 4) is 0 Å². The molecule has 0 aromatic heterocycles. The lowest BCUT2D eigenvalue weighted by atomic mass is 9.80. The molecule has 1 heterocycles. The van der Waals surface area contributed by atoms with Crippen LogP contribution >= 0.6 is 0 Å². The molecule has 3 unspecified atom stereocenters. The van der Waals surface area contributed by atoms with Crippen LogP contribution in [0.5, 0.6) is 0 Å². The Morgan fingerprint density at radius 3 is 3.00 bits per heavy atom. The van der Waals surface area contributed by atoms with Crippen molar-refractivity contribution in [3.05, 3.63) is 29.8 Å². The monoisotopic (exact) mass is 199 g/mol. The Labute approximate surface area is 91.2 Å². The largest absolute Gasteiger partial charge is 0.261 e. The van der Waals surface area contributed by atoms with Crippen LogP contribution in [0.2, 0.25) is 0 Å². The van der Waals surface area contributed by atoms with Crippen LogP contribution in [0, 0.1) is 11.8 Å². The minimum absolute atomic E-state index is 0.713. The van der Waals surface area contributed by atoms with Gasteiger partial charge in [-0.1, -0.05) is 31.5 Å². The van der Waals surface area contributed by atoms with Gasteiger partial charge in [0.1, 0.15) is 0 Å². The van der Waals surface area contributed by atoms with Crippen LogP contribution in [0.1, 0.15) is 37.7 Å². The Morgan fingerprint density at radius 2 is 2.13 bits per heavy atom. The van der Waals surface area contributed by atoms with Gasteiger partial charge < -0.3 is 0 Å². The van der Waals surface area contributed by atoms with E-state index in [0.717, 1.165) is 11.8 Å². The first-order valence-corrected chi connectivity index (χ1v) is 6.03. The first-order valence-electron chi connectivity index (χ1n) is 6.03. The second-order valence-electron chi connectivity index (χ2n) is 4.77. The fourth-order valence-electron chi connectivity index (χ4n) is 3.29. The number of fused-ring (bicyclic) bond motifs is 3. The van der Waals surface area contributed by atoms with Gasteiger partial charge in [-0.15, -0.1) is 0 Å². The Morgan fingerprint density at radius 1 is 1.27 bits per heavy atom. The Hall–Kier alpha value is -1.11. The normalized spacial score (nSPS) is 32.5. The minimum atomic E-state index is 0.713. The molecule has 78 valence electrons. The van der Waals surface area contributed by atoms with E-state index in [1.54, 1.807) is 0 Å². The molecule has 2 aliphatic rings. The van der Waals surface area contributed by atoms with Crippen molar-refractivity contribution in [2.45, 2.75) is 32.1 Å². The van der Waals surface area contributed by atoms with E-state index in [-0.39, 0.29) is 0 Å². The van der Waals surface area contributed by atoms with Crippen LogP contribution in [-0.2, 0) is 0 Å². The lowest BCUT2D eigenvalue weighted by Crippen LogP contribution is -2.16. The molecule has 1 aromatic carbocycles. The molecule has 1 aliphatic carbocycles. The van der Waals surface area contributed by atoms with Gasteiger partial charge in [0.2, 0.25) is 0 Å². The molecule has 1 saturated carbocycles. The second-order valence-corrected chi connectivity index (χ2v) is 4.77. The summed E-state index contributed by atoms with van der Waals surface area (Å²) in [6, 6.07) is 8.67. The molecule has 0 bridgehead atoms. The van der Waals surface area contributed by atoms with Gasteiger partial charge in [-0.25, -0.2) is 0 Å². The van der Waals surface area contributed by atoms with Gasteiger partial charge in [0.25, 0.3) is 0 Å². The molecule has 0 spiro atoms. The number of hydrogen-bond acceptors (Lipinski definition) is 1. The Kier molecular flexibility index (Phi) is 2.12. The maximum absolute atomic E-state index is 4.58. The summed E-state index contributed by atoms with van der Waals surface area (Å²) < 4.78 is 0. The van der Waals surface area contributed by atoms with E-state index in [1.807, 2.05) is 0 Å². The van der Waals surface area contributed by atoms with E-state index >= 15 is 0 Å². The van der Waals surface area contributed by atoms with E-state index in [4.69, 9.17) is 0 Å². The highest BCUT2D eigenvalue weighted by Gasteiger charge is 2.37. The highest BCUT2D eigenvalue weighted by atomic mass is 14.8. The summed E-state index contributed by atoms with van der Waals surface area (Å²) in [6.45, 7) is 2.32. The standard InChI is InChI=1S/C14H17N/c1-2-10-7-8-11-9-15-13-6-4-3-5-12(13)14(10)11/h3-6,9-11,14H,2,7-8H2,1H3. The predicted octanol–water partition coefficient (Wildman–Crippen LogP) is 3.92. The molecule has 1 heteroatoms. The van der Waals surface area contributed by atoms with Crippen LogP contribution in [0.3, 0.4) is 0 Å². The van der Waals surface area contributed by atoms with Crippen molar-refractivity contribution in [1.29, 1.82) is 0 Å². The number of aliphatic imine (C=N–C) groups is 1. The topological polar surface area (TPSA) is 12.4 Å². The number of para-hydroxylation sites is 1. The van der Waals surface area contributed by atoms with Gasteiger partial charge in [0, 0.05) is 12.1 Å². The molecule has 0 N–H and O–H groups in total. The molecule has 1 fully saturated rings. The zero-order chi connectivity index (χ0) is 10.3. The highest BCUT2D eigenvalue weighted by molar-refractivity contribution is 5.73. The van der Waals surface area contributed by atoms with Crippen molar-refractivity contribution in [3.63, 3.8) is 0 Å². The zero-order valence-electron chi connectivity index (χ0n) is 9.19. The van der Waals surface area contributed by atoms with Crippen LogP contribution in [0.25, 0.3) is 0 Å². The third-order valence-electron chi connectivity index (χ3n) is 4.07. The summed E-state index contributed by atoms with van der Waals surface area (Å²) in [5.41, 5.74) is 2.70. The maximum atomic E-state index is 4.58. The van der Waals surface area contributed by atoms with Crippen LogP contribution in [-0.4, -0.2) is 6.21 Å². The van der Waals surface area contributed by atoms with Crippen molar-refractivity contribution in [2.75, 3.05) is 0 Å². The third-order valence-corrected chi connectivity index (χ3v) is 4.07. The molecule has 3 rings (SSSR count). The first-order chi connectivity index (χ1) is 7.40. The molecule has 1 nitrogen and oxygen atoms in total. The van der Waals surface area contributed by atoms with E-state index < -0.39 is 0 Å². The summed E-state index contributed by atoms with van der Waals surface area (Å²) in [5, 5.41) is 0. The Balaban J connectivity index is 2.07. The van der Waals surface area contributed by atoms with Gasteiger partial charge in [-0.3, -0.25) is 4.99 Å². The second kappa shape index (κ2) is 3.48. The predicted molar refractivity (Wildman–Crippen MR) is 63.8 cm³/mol. The fourth-order valence-corrected chi connectivity index (χ4v) is 3.29. The average Bonchev–Trinajstić information content (AvgIpc) is 2.72. The Bertz CT molecular complexity index is 394. The average molecular weight is 199 g/mol. The van der Waals surface area contributed by atoms with Crippen molar-refractivity contribution in [1.82, 2.24) is 0 Å². The lowest BCUT2D eigenvalue weighted by molar-refractivity contribution is 0.449. The molecule has 1 aliphatic heterocycles. The lowest BCUT2D eigenvalue weighted by Gasteiger charge is -2.27. The van der Waals surface area contributed by atoms with E-state index in [0.29, 0.717) is 5.92 Å². The molecule has 1 aromatic rings. The van der Waals surface area contributed by atoms with Crippen LogP contribution < -0.4 is 0 Å². The van der Waals surface area contributed by atoms with E-state index in [2.05, 4.69) is 42.4 Å². The summed E-state index contributed by atoms with van der Waals surface area (Å²) >= 11 is 0. The maximum Gasteiger partial charge on any atom is 0.0660 e. The van der Waals surface area contributed by atoms with Crippen molar-refractivity contribution in [2.24, 2.45) is 16.8 Å². The van der Waals surface area contributed by atoms with Gasteiger partial charge in [0.05, 0.1) is 5.69 Å². The molecular formula is C14H17N. The van der Waals surface area contributed by atoms with Crippen molar-refractivity contribution < 1.29 is 0 Å². The van der Waals surface area contributed by atoms with Crippen molar-refractivity contribution >= 4 is 11.9 Å². The van der Waals surface area contributed by atoms with Crippen LogP contribution in [0.4, 0.5) is 5.69 Å². The molecule has 0 saturated heterocycles. The SMILES string of the molecule is CCC1CCC2C=Nc3ccccc3C21. The summed E-state index contributed by atoms with van der Waals surface area (Å²) in [7, 11) is 0. The molecule has 15 heavy (non-hydrogen) atoms. The smallest absolute Gasteiger partial charge is 0.0660 e. The number of benzene rings is 1. The number of hydrogen-bond donors (Lipinski definition) is 0. The van der Waals surface area contributed by atoms with Gasteiger partial charge in [-0.05, 0) is 36.3 Å². The van der Waals surface area contributed by atoms with Gasteiger partial charge in [0.15, 0.2) is 0 Å². The molecule has 3 atom stereocenters. The summed E-state index contributed by atoms with van der Waals surface area (Å²) in [5.74, 6) is 2.34. The number of nitrogens with zero attached hydrogens (tertiary/aromatic N) is 1. The minimum Gasteiger partial charge on any atom is -0.261 e. The quantitative estimate of drug-likeness (QED) is 0.650.